The Bertz CT molecular complexity index is 478. The molecule has 0 saturated carbocycles. The number of halogens is 3. The highest BCUT2D eigenvalue weighted by Crippen LogP contribution is 2.31. The van der Waals surface area contributed by atoms with Crippen LogP contribution in [0.1, 0.15) is 31.4 Å². The molecule has 0 spiro atoms. The molecule has 0 heterocycles. The van der Waals surface area contributed by atoms with Crippen molar-refractivity contribution in [3.8, 4) is 6.07 Å². The molecule has 0 fully saturated rings. The fourth-order valence-corrected chi connectivity index (χ4v) is 1.77. The van der Waals surface area contributed by atoms with E-state index >= 15 is 0 Å². The third-order valence-electron chi connectivity index (χ3n) is 2.56. The first-order valence-corrected chi connectivity index (χ1v) is 5.80. The summed E-state index contributed by atoms with van der Waals surface area (Å²) in [6.07, 6.45) is -4.55. The fraction of sp³-hybridized carbons (Fsp3) is 0.462. The Morgan fingerprint density at radius 2 is 2.00 bits per heavy atom. The Morgan fingerprint density at radius 1 is 1.37 bits per heavy atom. The van der Waals surface area contributed by atoms with Crippen molar-refractivity contribution in [2.75, 3.05) is 5.32 Å². The molecule has 6 heteroatoms. The van der Waals surface area contributed by atoms with Crippen LogP contribution in [0.4, 0.5) is 18.9 Å². The molecule has 2 N–H and O–H groups in total. The number of aliphatic hydroxyl groups excluding tert-OH is 1. The molecule has 0 bridgehead atoms. The van der Waals surface area contributed by atoms with Crippen LogP contribution in [0.5, 0.6) is 0 Å². The summed E-state index contributed by atoms with van der Waals surface area (Å²) in [4.78, 5) is 0. The minimum Gasteiger partial charge on any atom is -0.393 e. The molecule has 2 unspecified atom stereocenters. The van der Waals surface area contributed by atoms with Gasteiger partial charge < -0.3 is 10.4 Å². The van der Waals surface area contributed by atoms with E-state index in [-0.39, 0.29) is 11.6 Å². The Kier molecular flexibility index (Phi) is 4.78. The van der Waals surface area contributed by atoms with E-state index in [0.29, 0.717) is 12.1 Å². The summed E-state index contributed by atoms with van der Waals surface area (Å²) >= 11 is 0. The number of alkyl halides is 3. The van der Waals surface area contributed by atoms with Crippen molar-refractivity contribution in [2.24, 2.45) is 0 Å². The molecule has 19 heavy (non-hydrogen) atoms. The number of nitriles is 1. The molecule has 0 radical (unpaired) electrons. The van der Waals surface area contributed by atoms with Gasteiger partial charge in [0.2, 0.25) is 0 Å². The van der Waals surface area contributed by atoms with E-state index in [1.54, 1.807) is 19.9 Å². The molecule has 1 rings (SSSR count). The molecule has 0 aliphatic carbocycles. The van der Waals surface area contributed by atoms with Crippen LogP contribution in [0.3, 0.4) is 0 Å². The van der Waals surface area contributed by atoms with Gasteiger partial charge in [0.15, 0.2) is 0 Å². The van der Waals surface area contributed by atoms with Gasteiger partial charge in [-0.05, 0) is 38.5 Å². The summed E-state index contributed by atoms with van der Waals surface area (Å²) in [7, 11) is 0. The van der Waals surface area contributed by atoms with Crippen molar-refractivity contribution in [2.45, 2.75) is 38.6 Å². The average molecular weight is 272 g/mol. The van der Waals surface area contributed by atoms with Crippen molar-refractivity contribution < 1.29 is 18.3 Å². The van der Waals surface area contributed by atoms with Crippen LogP contribution < -0.4 is 5.32 Å². The van der Waals surface area contributed by atoms with Crippen LogP contribution in [0.2, 0.25) is 0 Å². The second kappa shape index (κ2) is 5.93. The lowest BCUT2D eigenvalue weighted by molar-refractivity contribution is -0.137. The van der Waals surface area contributed by atoms with Gasteiger partial charge >= 0.3 is 6.18 Å². The minimum absolute atomic E-state index is 0.0627. The van der Waals surface area contributed by atoms with Gasteiger partial charge in [-0.1, -0.05) is 0 Å². The van der Waals surface area contributed by atoms with Crippen molar-refractivity contribution in [1.82, 2.24) is 0 Å². The topological polar surface area (TPSA) is 56.0 Å². The van der Waals surface area contributed by atoms with Crippen LogP contribution in [-0.4, -0.2) is 17.3 Å². The maximum absolute atomic E-state index is 12.5. The molecule has 0 saturated heterocycles. The summed E-state index contributed by atoms with van der Waals surface area (Å²) in [5, 5.41) is 21.0. The largest absolute Gasteiger partial charge is 0.416 e. The summed E-state index contributed by atoms with van der Waals surface area (Å²) < 4.78 is 37.5. The fourth-order valence-electron chi connectivity index (χ4n) is 1.77. The molecule has 3 nitrogen and oxygen atoms in total. The highest BCUT2D eigenvalue weighted by molar-refractivity contribution is 5.59. The highest BCUT2D eigenvalue weighted by Gasteiger charge is 2.31. The van der Waals surface area contributed by atoms with E-state index in [4.69, 9.17) is 5.26 Å². The highest BCUT2D eigenvalue weighted by atomic mass is 19.4. The number of nitrogens with zero attached hydrogens (tertiary/aromatic N) is 1. The Labute approximate surface area is 109 Å². The number of nitrogens with one attached hydrogen (secondary N) is 1. The lowest BCUT2D eigenvalue weighted by atomic mass is 10.1. The van der Waals surface area contributed by atoms with Gasteiger partial charge in [0.1, 0.15) is 6.07 Å². The van der Waals surface area contributed by atoms with E-state index in [2.05, 4.69) is 5.32 Å². The molecular formula is C13H15F3N2O. The summed E-state index contributed by atoms with van der Waals surface area (Å²) in [5.41, 5.74) is -0.575. The molecule has 1 aromatic carbocycles. The number of anilines is 1. The molecule has 2 atom stereocenters. The zero-order valence-electron chi connectivity index (χ0n) is 10.6. The Hall–Kier alpha value is -1.74. The lowest BCUT2D eigenvalue weighted by Gasteiger charge is -2.18. The smallest absolute Gasteiger partial charge is 0.393 e. The summed E-state index contributed by atoms with van der Waals surface area (Å²) in [6, 6.07) is 4.57. The van der Waals surface area contributed by atoms with Crippen molar-refractivity contribution in [1.29, 1.82) is 5.26 Å². The quantitative estimate of drug-likeness (QED) is 0.885. The standard InChI is InChI=1S/C13H15F3N2O/c1-8(5-9(2)19)18-12-4-3-11(13(14,15)16)6-10(12)7-17/h3-4,6,8-9,18-19H,5H2,1-2H3. The number of hydrogen-bond donors (Lipinski definition) is 2. The normalized spacial score (nSPS) is 14.6. The second-order valence-electron chi connectivity index (χ2n) is 4.50. The molecule has 0 amide bonds. The predicted molar refractivity (Wildman–Crippen MR) is 65.5 cm³/mol. The molecule has 0 aromatic heterocycles. The van der Waals surface area contributed by atoms with Crippen LogP contribution >= 0.6 is 0 Å². The first kappa shape index (κ1) is 15.3. The predicted octanol–water partition coefficient (Wildman–Crippen LogP) is 3.15. The zero-order valence-corrected chi connectivity index (χ0v) is 10.6. The first-order valence-electron chi connectivity index (χ1n) is 5.80. The maximum Gasteiger partial charge on any atom is 0.416 e. The van der Waals surface area contributed by atoms with Gasteiger partial charge in [-0.2, -0.15) is 18.4 Å². The van der Waals surface area contributed by atoms with Crippen molar-refractivity contribution in [3.05, 3.63) is 29.3 Å². The van der Waals surface area contributed by atoms with E-state index in [0.717, 1.165) is 12.1 Å². The van der Waals surface area contributed by atoms with Gasteiger partial charge in [-0.15, -0.1) is 0 Å². The maximum atomic E-state index is 12.5. The third kappa shape index (κ3) is 4.45. The van der Waals surface area contributed by atoms with Crippen LogP contribution in [0, 0.1) is 11.3 Å². The third-order valence-corrected chi connectivity index (χ3v) is 2.56. The molecule has 1 aromatic rings. The molecule has 0 aliphatic heterocycles. The van der Waals surface area contributed by atoms with Gasteiger partial charge in [0.25, 0.3) is 0 Å². The van der Waals surface area contributed by atoms with E-state index in [1.807, 2.05) is 0 Å². The van der Waals surface area contributed by atoms with Crippen molar-refractivity contribution in [3.63, 3.8) is 0 Å². The van der Waals surface area contributed by atoms with Gasteiger partial charge in [-0.3, -0.25) is 0 Å². The van der Waals surface area contributed by atoms with Crippen LogP contribution in [0.15, 0.2) is 18.2 Å². The molecule has 0 aliphatic rings. The number of aliphatic hydroxyl groups is 1. The van der Waals surface area contributed by atoms with E-state index in [1.165, 1.54) is 6.07 Å². The number of benzene rings is 1. The average Bonchev–Trinajstić information content (AvgIpc) is 2.26. The van der Waals surface area contributed by atoms with E-state index in [9.17, 15) is 18.3 Å². The molecule has 104 valence electrons. The van der Waals surface area contributed by atoms with Gasteiger partial charge in [0, 0.05) is 6.04 Å². The SMILES string of the molecule is CC(O)CC(C)Nc1ccc(C(F)(F)F)cc1C#N. The second-order valence-corrected chi connectivity index (χ2v) is 4.50. The van der Waals surface area contributed by atoms with E-state index < -0.39 is 17.8 Å². The number of hydrogen-bond acceptors (Lipinski definition) is 3. The number of rotatable bonds is 4. The van der Waals surface area contributed by atoms with Gasteiger partial charge in [0.05, 0.1) is 22.9 Å². The van der Waals surface area contributed by atoms with Crippen LogP contribution in [-0.2, 0) is 6.18 Å². The first-order chi connectivity index (χ1) is 8.74. The zero-order chi connectivity index (χ0) is 14.6. The molecular weight excluding hydrogens is 257 g/mol. The monoisotopic (exact) mass is 272 g/mol. The lowest BCUT2D eigenvalue weighted by Crippen LogP contribution is -2.21. The van der Waals surface area contributed by atoms with Gasteiger partial charge in [-0.25, -0.2) is 0 Å². The minimum atomic E-state index is -4.46. The summed E-state index contributed by atoms with van der Waals surface area (Å²) in [5.74, 6) is 0. The Balaban J connectivity index is 2.95. The van der Waals surface area contributed by atoms with Crippen LogP contribution in [0.25, 0.3) is 0 Å². The summed E-state index contributed by atoms with van der Waals surface area (Å²) in [6.45, 7) is 3.40. The van der Waals surface area contributed by atoms with Crippen molar-refractivity contribution >= 4 is 5.69 Å². The Morgan fingerprint density at radius 3 is 2.47 bits per heavy atom.